The van der Waals surface area contributed by atoms with Crippen LogP contribution in [0.2, 0.25) is 0 Å². The van der Waals surface area contributed by atoms with Crippen LogP contribution >= 0.6 is 0 Å². The standard InChI is InChI=1S/C17H17N3O/c1-11(12-6-3-2-4-7-12)10-15-19-14-9-5-8-13(17(18)21)16(14)20-15/h2-9,11H,10H2,1H3,(H2,18,21)(H,19,20). The summed E-state index contributed by atoms with van der Waals surface area (Å²) in [6.07, 6.45) is 0.789. The number of primary amides is 1. The van der Waals surface area contributed by atoms with Crippen LogP contribution in [-0.4, -0.2) is 15.9 Å². The van der Waals surface area contributed by atoms with E-state index in [0.29, 0.717) is 11.5 Å². The minimum Gasteiger partial charge on any atom is -0.366 e. The number of nitrogens with one attached hydrogen (secondary N) is 1. The number of aromatic nitrogens is 2. The summed E-state index contributed by atoms with van der Waals surface area (Å²) in [6.45, 7) is 2.16. The zero-order valence-electron chi connectivity index (χ0n) is 11.8. The number of carbonyl (C=O) groups excluding carboxylic acids is 1. The average Bonchev–Trinajstić information content (AvgIpc) is 2.89. The van der Waals surface area contributed by atoms with Gasteiger partial charge in [0.2, 0.25) is 0 Å². The third kappa shape index (κ3) is 2.65. The van der Waals surface area contributed by atoms with Crippen molar-refractivity contribution in [2.24, 2.45) is 5.73 Å². The molecule has 0 radical (unpaired) electrons. The van der Waals surface area contributed by atoms with E-state index in [0.717, 1.165) is 23.3 Å². The molecule has 0 aliphatic rings. The molecule has 1 atom stereocenters. The van der Waals surface area contributed by atoms with Gasteiger partial charge in [0.1, 0.15) is 5.82 Å². The number of hydrogen-bond donors (Lipinski definition) is 2. The number of para-hydroxylation sites is 1. The van der Waals surface area contributed by atoms with Gasteiger partial charge >= 0.3 is 0 Å². The summed E-state index contributed by atoms with van der Waals surface area (Å²) in [5.41, 5.74) is 8.65. The summed E-state index contributed by atoms with van der Waals surface area (Å²) in [5.74, 6) is 0.783. The van der Waals surface area contributed by atoms with Gasteiger partial charge in [-0.2, -0.15) is 0 Å². The van der Waals surface area contributed by atoms with Gasteiger partial charge in [-0.1, -0.05) is 43.3 Å². The monoisotopic (exact) mass is 279 g/mol. The molecule has 3 rings (SSSR count). The van der Waals surface area contributed by atoms with Crippen LogP contribution in [0.5, 0.6) is 0 Å². The topological polar surface area (TPSA) is 71.8 Å². The highest BCUT2D eigenvalue weighted by Gasteiger charge is 2.13. The van der Waals surface area contributed by atoms with Crippen LogP contribution in [0.25, 0.3) is 11.0 Å². The lowest BCUT2D eigenvalue weighted by Crippen LogP contribution is -2.11. The molecule has 0 bridgehead atoms. The van der Waals surface area contributed by atoms with Gasteiger partial charge in [0.05, 0.1) is 16.6 Å². The zero-order chi connectivity index (χ0) is 14.8. The van der Waals surface area contributed by atoms with Gasteiger partial charge in [0.25, 0.3) is 5.91 Å². The number of amides is 1. The molecule has 2 aromatic carbocycles. The molecule has 0 saturated heterocycles. The van der Waals surface area contributed by atoms with Gasteiger partial charge in [0.15, 0.2) is 0 Å². The Morgan fingerprint density at radius 1 is 1.19 bits per heavy atom. The van der Waals surface area contributed by atoms with Gasteiger partial charge in [-0.05, 0) is 23.6 Å². The maximum absolute atomic E-state index is 11.4. The summed E-state index contributed by atoms with van der Waals surface area (Å²) in [7, 11) is 0. The SMILES string of the molecule is CC(Cc1nc2cccc(C(N)=O)c2[nH]1)c1ccccc1. The van der Waals surface area contributed by atoms with Crippen molar-refractivity contribution in [3.63, 3.8) is 0 Å². The molecule has 3 aromatic rings. The molecule has 0 saturated carbocycles. The summed E-state index contributed by atoms with van der Waals surface area (Å²) in [5, 5.41) is 0. The Balaban J connectivity index is 1.92. The minimum absolute atomic E-state index is 0.351. The number of hydrogen-bond acceptors (Lipinski definition) is 2. The Kier molecular flexibility index (Phi) is 3.44. The zero-order valence-corrected chi connectivity index (χ0v) is 11.8. The van der Waals surface area contributed by atoms with Crippen molar-refractivity contribution >= 4 is 16.9 Å². The van der Waals surface area contributed by atoms with E-state index in [9.17, 15) is 4.79 Å². The number of fused-ring (bicyclic) bond motifs is 1. The predicted molar refractivity (Wildman–Crippen MR) is 83.2 cm³/mol. The van der Waals surface area contributed by atoms with Gasteiger partial charge in [-0.15, -0.1) is 0 Å². The Morgan fingerprint density at radius 2 is 1.95 bits per heavy atom. The lowest BCUT2D eigenvalue weighted by Gasteiger charge is -2.09. The van der Waals surface area contributed by atoms with Gasteiger partial charge < -0.3 is 10.7 Å². The van der Waals surface area contributed by atoms with Crippen LogP contribution < -0.4 is 5.73 Å². The second kappa shape index (κ2) is 5.40. The fourth-order valence-electron chi connectivity index (χ4n) is 2.57. The molecule has 4 heteroatoms. The van der Waals surface area contributed by atoms with E-state index in [1.165, 1.54) is 5.56 Å². The maximum atomic E-state index is 11.4. The maximum Gasteiger partial charge on any atom is 0.250 e. The van der Waals surface area contributed by atoms with Crippen molar-refractivity contribution in [3.05, 3.63) is 65.5 Å². The molecule has 0 aliphatic carbocycles. The van der Waals surface area contributed by atoms with E-state index in [4.69, 9.17) is 5.73 Å². The first-order valence-corrected chi connectivity index (χ1v) is 6.97. The fraction of sp³-hybridized carbons (Fsp3) is 0.176. The number of aromatic amines is 1. The third-order valence-corrected chi connectivity index (χ3v) is 3.70. The van der Waals surface area contributed by atoms with E-state index < -0.39 is 5.91 Å². The summed E-state index contributed by atoms with van der Waals surface area (Å²) < 4.78 is 0. The number of carbonyl (C=O) groups is 1. The molecule has 4 nitrogen and oxygen atoms in total. The van der Waals surface area contributed by atoms with Crippen molar-refractivity contribution in [1.29, 1.82) is 0 Å². The van der Waals surface area contributed by atoms with E-state index >= 15 is 0 Å². The van der Waals surface area contributed by atoms with Gasteiger partial charge in [0, 0.05) is 6.42 Å². The predicted octanol–water partition coefficient (Wildman–Crippen LogP) is 3.01. The molecular formula is C17H17N3O. The van der Waals surface area contributed by atoms with E-state index in [2.05, 4.69) is 29.0 Å². The second-order valence-corrected chi connectivity index (χ2v) is 5.26. The number of nitrogens with two attached hydrogens (primary N) is 1. The Labute approximate surface area is 123 Å². The summed E-state index contributed by atoms with van der Waals surface area (Å²) in [6, 6.07) is 15.7. The number of rotatable bonds is 4. The van der Waals surface area contributed by atoms with Crippen LogP contribution in [0.1, 0.15) is 34.6 Å². The number of benzene rings is 2. The van der Waals surface area contributed by atoms with Crippen molar-refractivity contribution < 1.29 is 4.79 Å². The second-order valence-electron chi connectivity index (χ2n) is 5.26. The minimum atomic E-state index is -0.438. The molecule has 0 aliphatic heterocycles. The number of H-pyrrole nitrogens is 1. The first-order chi connectivity index (χ1) is 10.1. The molecular weight excluding hydrogens is 262 g/mol. The third-order valence-electron chi connectivity index (χ3n) is 3.70. The smallest absolute Gasteiger partial charge is 0.250 e. The largest absolute Gasteiger partial charge is 0.366 e. The highest BCUT2D eigenvalue weighted by atomic mass is 16.1. The van der Waals surface area contributed by atoms with E-state index in [1.807, 2.05) is 24.3 Å². The van der Waals surface area contributed by atoms with Crippen LogP contribution in [0.15, 0.2) is 48.5 Å². The molecule has 1 unspecified atom stereocenters. The molecule has 0 fully saturated rings. The molecule has 3 N–H and O–H groups in total. The average molecular weight is 279 g/mol. The van der Waals surface area contributed by atoms with Crippen molar-refractivity contribution in [2.75, 3.05) is 0 Å². The molecule has 106 valence electrons. The van der Waals surface area contributed by atoms with Crippen molar-refractivity contribution in [3.8, 4) is 0 Å². The first kappa shape index (κ1) is 13.4. The summed E-state index contributed by atoms with van der Waals surface area (Å²) >= 11 is 0. The molecule has 1 aromatic heterocycles. The normalized spacial score (nSPS) is 12.4. The molecule has 1 amide bonds. The van der Waals surface area contributed by atoms with Gasteiger partial charge in [-0.3, -0.25) is 4.79 Å². The Bertz CT molecular complexity index is 777. The van der Waals surface area contributed by atoms with Crippen LogP contribution in [0.4, 0.5) is 0 Å². The summed E-state index contributed by atoms with van der Waals surface area (Å²) in [4.78, 5) is 19.2. The lowest BCUT2D eigenvalue weighted by molar-refractivity contribution is 0.100. The quantitative estimate of drug-likeness (QED) is 0.770. The van der Waals surface area contributed by atoms with Crippen LogP contribution in [0, 0.1) is 0 Å². The van der Waals surface area contributed by atoms with Crippen molar-refractivity contribution in [2.45, 2.75) is 19.3 Å². The van der Waals surface area contributed by atoms with Crippen molar-refractivity contribution in [1.82, 2.24) is 9.97 Å². The molecule has 0 spiro atoms. The highest BCUT2D eigenvalue weighted by Crippen LogP contribution is 2.22. The van der Waals surface area contributed by atoms with Crippen LogP contribution in [-0.2, 0) is 6.42 Å². The Hall–Kier alpha value is -2.62. The van der Waals surface area contributed by atoms with E-state index in [-0.39, 0.29) is 0 Å². The lowest BCUT2D eigenvalue weighted by atomic mass is 9.98. The molecule has 1 heterocycles. The van der Waals surface area contributed by atoms with Gasteiger partial charge in [-0.25, -0.2) is 4.98 Å². The number of imidazole rings is 1. The number of nitrogens with zero attached hydrogens (tertiary/aromatic N) is 1. The Morgan fingerprint density at radius 3 is 2.67 bits per heavy atom. The van der Waals surface area contributed by atoms with Crippen LogP contribution in [0.3, 0.4) is 0 Å². The highest BCUT2D eigenvalue weighted by molar-refractivity contribution is 6.04. The first-order valence-electron chi connectivity index (χ1n) is 6.97. The molecule has 21 heavy (non-hydrogen) atoms. The van der Waals surface area contributed by atoms with E-state index in [1.54, 1.807) is 12.1 Å². The fourth-order valence-corrected chi connectivity index (χ4v) is 2.57.